The highest BCUT2D eigenvalue weighted by Gasteiger charge is 2.18. The second-order valence-corrected chi connectivity index (χ2v) is 5.55. The van der Waals surface area contributed by atoms with Gasteiger partial charge in [0.05, 0.1) is 11.0 Å². The Kier molecular flexibility index (Phi) is 6.68. The van der Waals surface area contributed by atoms with Gasteiger partial charge in [0.25, 0.3) is 5.69 Å². The second kappa shape index (κ2) is 8.03. The number of rotatable bonds is 8. The third-order valence-electron chi connectivity index (χ3n) is 2.33. The van der Waals surface area contributed by atoms with Gasteiger partial charge in [-0.15, -0.1) is 0 Å². The number of nitro groups is 1. The molecule has 0 aromatic heterocycles. The summed E-state index contributed by atoms with van der Waals surface area (Å²) in [5.41, 5.74) is 5.29. The number of carbonyl (C=O) groups is 1. The fourth-order valence-corrected chi connectivity index (χ4v) is 2.69. The van der Waals surface area contributed by atoms with Gasteiger partial charge >= 0.3 is 0 Å². The van der Waals surface area contributed by atoms with Crippen molar-refractivity contribution in [3.8, 4) is 0 Å². The Labute approximate surface area is 119 Å². The van der Waals surface area contributed by atoms with Gasteiger partial charge in [-0.05, 0) is 36.4 Å². The molecule has 0 fully saturated rings. The Morgan fingerprint density at radius 3 is 2.79 bits per heavy atom. The monoisotopic (exact) mass is 301 g/mol. The number of thioether (sulfide) groups is 1. The maximum Gasteiger partial charge on any atom is 0.284 e. The fraction of sp³-hybridized carbons (Fsp3) is 0.364. The van der Waals surface area contributed by atoms with Crippen molar-refractivity contribution >= 4 is 35.3 Å². The molecule has 0 saturated heterocycles. The van der Waals surface area contributed by atoms with E-state index in [1.165, 1.54) is 6.07 Å². The summed E-state index contributed by atoms with van der Waals surface area (Å²) in [6, 6.07) is 5.85. The first-order valence-electron chi connectivity index (χ1n) is 5.50. The molecule has 1 unspecified atom stereocenters. The lowest BCUT2D eigenvalue weighted by Gasteiger charge is -2.13. The first kappa shape index (κ1) is 15.8. The van der Waals surface area contributed by atoms with Gasteiger partial charge in [0.15, 0.2) is 0 Å². The van der Waals surface area contributed by atoms with Gasteiger partial charge < -0.3 is 5.73 Å². The van der Waals surface area contributed by atoms with E-state index in [0.717, 1.165) is 17.7 Å². The first-order chi connectivity index (χ1) is 9.06. The van der Waals surface area contributed by atoms with Crippen molar-refractivity contribution in [2.75, 3.05) is 12.0 Å². The topological polar surface area (TPSA) is 98.3 Å². The van der Waals surface area contributed by atoms with Crippen LogP contribution in [0.1, 0.15) is 6.42 Å². The van der Waals surface area contributed by atoms with Crippen LogP contribution in [0.4, 0.5) is 5.69 Å². The minimum atomic E-state index is -0.503. The van der Waals surface area contributed by atoms with E-state index < -0.39 is 16.9 Å². The summed E-state index contributed by atoms with van der Waals surface area (Å²) in [5.74, 6) is 0.332. The number of carbonyl (C=O) groups excluding carboxylic acids is 1. The summed E-state index contributed by atoms with van der Waals surface area (Å²) in [4.78, 5) is 22.1. The molecular weight excluding hydrogens is 286 g/mol. The van der Waals surface area contributed by atoms with Crippen molar-refractivity contribution in [3.63, 3.8) is 0 Å². The zero-order chi connectivity index (χ0) is 14.3. The number of hydrogen-bond donors (Lipinski definition) is 2. The molecule has 1 rings (SSSR count). The maximum absolute atomic E-state index is 11.2. The van der Waals surface area contributed by atoms with Crippen LogP contribution >= 0.6 is 23.7 Å². The number of nitro benzene ring substituents is 1. The van der Waals surface area contributed by atoms with E-state index >= 15 is 0 Å². The number of amides is 1. The summed E-state index contributed by atoms with van der Waals surface area (Å²) >= 11 is 2.67. The van der Waals surface area contributed by atoms with E-state index in [2.05, 4.69) is 4.72 Å². The molecule has 104 valence electrons. The highest BCUT2D eigenvalue weighted by Crippen LogP contribution is 2.27. The number of hydrogen-bond acceptors (Lipinski definition) is 6. The van der Waals surface area contributed by atoms with Gasteiger partial charge in [-0.25, -0.2) is 4.72 Å². The lowest BCUT2D eigenvalue weighted by Crippen LogP contribution is -2.38. The number of primary amides is 1. The van der Waals surface area contributed by atoms with Crippen LogP contribution in [0.3, 0.4) is 0 Å². The number of para-hydroxylation sites is 1. The molecule has 0 radical (unpaired) electrons. The van der Waals surface area contributed by atoms with E-state index in [0.29, 0.717) is 11.3 Å². The van der Waals surface area contributed by atoms with Crippen LogP contribution in [0.15, 0.2) is 29.2 Å². The normalized spacial score (nSPS) is 12.1. The van der Waals surface area contributed by atoms with E-state index in [1.807, 2.05) is 6.26 Å². The quantitative estimate of drug-likeness (QED) is 0.431. The average molecular weight is 301 g/mol. The predicted molar refractivity (Wildman–Crippen MR) is 78.1 cm³/mol. The fourth-order valence-electron chi connectivity index (χ4n) is 1.32. The molecular formula is C11H15N3O3S2. The van der Waals surface area contributed by atoms with E-state index in [1.54, 1.807) is 30.0 Å². The molecule has 0 bridgehead atoms. The molecule has 1 atom stereocenters. The largest absolute Gasteiger partial charge is 0.368 e. The van der Waals surface area contributed by atoms with Crippen molar-refractivity contribution in [1.29, 1.82) is 0 Å². The number of benzene rings is 1. The molecule has 1 aromatic carbocycles. The van der Waals surface area contributed by atoms with Gasteiger partial charge in [0, 0.05) is 6.07 Å². The summed E-state index contributed by atoms with van der Waals surface area (Å²) in [6.45, 7) is 0. The standard InChI is InChI=1S/C11H15N3O3S2/c1-18-7-6-8(11(12)15)13-19-10-5-3-2-4-9(10)14(16)17/h2-5,8,13H,6-7H2,1H3,(H2,12,15). The van der Waals surface area contributed by atoms with Crippen molar-refractivity contribution in [1.82, 2.24) is 4.72 Å². The second-order valence-electron chi connectivity index (χ2n) is 3.68. The van der Waals surface area contributed by atoms with Crippen LogP contribution in [-0.2, 0) is 4.79 Å². The van der Waals surface area contributed by atoms with Crippen LogP contribution in [0, 0.1) is 10.1 Å². The minimum Gasteiger partial charge on any atom is -0.368 e. The summed E-state index contributed by atoms with van der Waals surface area (Å²) < 4.78 is 2.89. The minimum absolute atomic E-state index is 0.00749. The Balaban J connectivity index is 2.68. The lowest BCUT2D eigenvalue weighted by molar-refractivity contribution is -0.387. The molecule has 3 N–H and O–H groups in total. The van der Waals surface area contributed by atoms with Crippen molar-refractivity contribution in [2.45, 2.75) is 17.4 Å². The molecule has 19 heavy (non-hydrogen) atoms. The lowest BCUT2D eigenvalue weighted by atomic mass is 10.2. The van der Waals surface area contributed by atoms with Gasteiger partial charge in [0.2, 0.25) is 5.91 Å². The summed E-state index contributed by atoms with van der Waals surface area (Å²) in [7, 11) is 0. The van der Waals surface area contributed by atoms with Crippen LogP contribution in [0.2, 0.25) is 0 Å². The van der Waals surface area contributed by atoms with Crippen molar-refractivity contribution < 1.29 is 9.72 Å². The first-order valence-corrected chi connectivity index (χ1v) is 7.71. The molecule has 0 aliphatic rings. The SMILES string of the molecule is CSCCC(NSc1ccccc1[N+](=O)[O-])C(N)=O. The highest BCUT2D eigenvalue weighted by atomic mass is 32.2. The average Bonchev–Trinajstić information content (AvgIpc) is 2.38. The maximum atomic E-state index is 11.2. The number of nitrogens with one attached hydrogen (secondary N) is 1. The van der Waals surface area contributed by atoms with Gasteiger partial charge in [-0.2, -0.15) is 11.8 Å². The number of nitrogens with two attached hydrogens (primary N) is 1. The highest BCUT2D eigenvalue weighted by molar-refractivity contribution is 7.98. The number of nitrogens with zero attached hydrogens (tertiary/aromatic N) is 1. The Hall–Kier alpha value is -1.25. The zero-order valence-electron chi connectivity index (χ0n) is 10.4. The van der Waals surface area contributed by atoms with Gasteiger partial charge in [-0.3, -0.25) is 14.9 Å². The van der Waals surface area contributed by atoms with E-state index in [4.69, 9.17) is 5.73 Å². The molecule has 1 amide bonds. The van der Waals surface area contributed by atoms with Gasteiger partial charge in [0.1, 0.15) is 4.90 Å². The third-order valence-corrected chi connectivity index (χ3v) is 3.94. The predicted octanol–water partition coefficient (Wildman–Crippen LogP) is 1.80. The molecule has 1 aromatic rings. The van der Waals surface area contributed by atoms with Crippen LogP contribution < -0.4 is 10.5 Å². The third kappa shape index (κ3) is 5.09. The Bertz CT molecular complexity index is 457. The van der Waals surface area contributed by atoms with E-state index in [-0.39, 0.29) is 5.69 Å². The molecule has 0 spiro atoms. The molecule has 0 aliphatic heterocycles. The van der Waals surface area contributed by atoms with Crippen molar-refractivity contribution in [3.05, 3.63) is 34.4 Å². The van der Waals surface area contributed by atoms with Crippen LogP contribution in [0.25, 0.3) is 0 Å². The van der Waals surface area contributed by atoms with Crippen molar-refractivity contribution in [2.24, 2.45) is 5.73 Å². The molecule has 8 heteroatoms. The smallest absolute Gasteiger partial charge is 0.284 e. The van der Waals surface area contributed by atoms with E-state index in [9.17, 15) is 14.9 Å². The molecule has 0 saturated carbocycles. The Morgan fingerprint density at radius 1 is 1.53 bits per heavy atom. The molecule has 0 heterocycles. The van der Waals surface area contributed by atoms with Crippen LogP contribution in [0.5, 0.6) is 0 Å². The molecule has 6 nitrogen and oxygen atoms in total. The summed E-state index contributed by atoms with van der Waals surface area (Å²) in [6.07, 6.45) is 2.53. The Morgan fingerprint density at radius 2 is 2.21 bits per heavy atom. The van der Waals surface area contributed by atoms with Gasteiger partial charge in [-0.1, -0.05) is 12.1 Å². The summed E-state index contributed by atoms with van der Waals surface area (Å²) in [5, 5.41) is 10.8. The molecule has 0 aliphatic carbocycles. The van der Waals surface area contributed by atoms with Crippen LogP contribution in [-0.4, -0.2) is 28.9 Å². The zero-order valence-corrected chi connectivity index (χ0v) is 12.0.